The molecule has 0 saturated carbocycles. The molecule has 148 valence electrons. The third-order valence-corrected chi connectivity index (χ3v) is 5.04. The summed E-state index contributed by atoms with van der Waals surface area (Å²) in [5.74, 6) is -0.999. The van der Waals surface area contributed by atoms with Crippen molar-refractivity contribution in [2.24, 2.45) is 4.99 Å². The number of thioether (sulfide) groups is 1. The van der Waals surface area contributed by atoms with Gasteiger partial charge < -0.3 is 9.84 Å². The van der Waals surface area contributed by atoms with Gasteiger partial charge in [0.25, 0.3) is 5.69 Å². The van der Waals surface area contributed by atoms with Crippen LogP contribution in [0.2, 0.25) is 5.02 Å². The Morgan fingerprint density at radius 3 is 2.76 bits per heavy atom. The number of halogens is 1. The molecular formula is C20H15ClN2O5S. The minimum Gasteiger partial charge on any atom is -0.506 e. The van der Waals surface area contributed by atoms with Gasteiger partial charge in [-0.15, -0.1) is 0 Å². The number of aliphatic hydroxyl groups is 1. The Kier molecular flexibility index (Phi) is 6.36. The Bertz CT molecular complexity index is 1080. The molecule has 1 N–H and O–H groups in total. The van der Waals surface area contributed by atoms with Crippen LogP contribution in [0.25, 0.3) is 6.08 Å². The van der Waals surface area contributed by atoms with Crippen LogP contribution in [-0.2, 0) is 9.53 Å². The first-order valence-corrected chi connectivity index (χ1v) is 9.68. The lowest BCUT2D eigenvalue weighted by atomic mass is 10.1. The Balaban J connectivity index is 2.05. The first-order chi connectivity index (χ1) is 13.9. The van der Waals surface area contributed by atoms with Crippen LogP contribution in [0.3, 0.4) is 0 Å². The molecule has 0 bridgehead atoms. The summed E-state index contributed by atoms with van der Waals surface area (Å²) in [5, 5.41) is 22.3. The normalized spacial score (nSPS) is 16.5. The smallest absolute Gasteiger partial charge is 0.344 e. The molecule has 7 nitrogen and oxygen atoms in total. The van der Waals surface area contributed by atoms with Gasteiger partial charge in [0.2, 0.25) is 0 Å². The van der Waals surface area contributed by atoms with Crippen molar-refractivity contribution in [3.8, 4) is 0 Å². The summed E-state index contributed by atoms with van der Waals surface area (Å²) < 4.78 is 5.04. The summed E-state index contributed by atoms with van der Waals surface area (Å²) in [7, 11) is 0. The largest absolute Gasteiger partial charge is 0.506 e. The van der Waals surface area contributed by atoms with E-state index in [-0.39, 0.29) is 28.7 Å². The monoisotopic (exact) mass is 430 g/mol. The van der Waals surface area contributed by atoms with Gasteiger partial charge in [0.15, 0.2) is 0 Å². The van der Waals surface area contributed by atoms with Crippen LogP contribution in [0, 0.1) is 10.1 Å². The van der Waals surface area contributed by atoms with Crippen molar-refractivity contribution in [2.75, 3.05) is 6.61 Å². The maximum Gasteiger partial charge on any atom is 0.344 e. The summed E-state index contributed by atoms with van der Waals surface area (Å²) in [6.45, 7) is 1.79. The predicted molar refractivity (Wildman–Crippen MR) is 113 cm³/mol. The molecule has 1 aliphatic heterocycles. The van der Waals surface area contributed by atoms with Crippen LogP contribution in [0.4, 0.5) is 11.4 Å². The number of benzene rings is 2. The Morgan fingerprint density at radius 2 is 2.07 bits per heavy atom. The fourth-order valence-electron chi connectivity index (χ4n) is 2.53. The Morgan fingerprint density at radius 1 is 1.31 bits per heavy atom. The van der Waals surface area contributed by atoms with Crippen molar-refractivity contribution < 1.29 is 19.6 Å². The molecule has 2 aromatic carbocycles. The first-order valence-electron chi connectivity index (χ1n) is 8.48. The van der Waals surface area contributed by atoms with E-state index in [4.69, 9.17) is 16.3 Å². The minimum atomic E-state index is -0.708. The number of ether oxygens (including phenoxy) is 1. The van der Waals surface area contributed by atoms with Crippen LogP contribution in [0.15, 0.2) is 69.8 Å². The van der Waals surface area contributed by atoms with Gasteiger partial charge in [-0.2, -0.15) is 0 Å². The fraction of sp³-hybridized carbons (Fsp3) is 0.100. The summed E-state index contributed by atoms with van der Waals surface area (Å²) in [4.78, 5) is 27.6. The van der Waals surface area contributed by atoms with E-state index in [0.717, 1.165) is 11.8 Å². The maximum atomic E-state index is 12.4. The van der Waals surface area contributed by atoms with Gasteiger partial charge in [-0.25, -0.2) is 9.79 Å². The van der Waals surface area contributed by atoms with Crippen LogP contribution >= 0.6 is 23.4 Å². The Labute approximate surface area is 175 Å². The molecular weight excluding hydrogens is 416 g/mol. The summed E-state index contributed by atoms with van der Waals surface area (Å²) in [6, 6.07) is 12.7. The maximum absolute atomic E-state index is 12.4. The van der Waals surface area contributed by atoms with Crippen molar-refractivity contribution >= 4 is 51.8 Å². The molecule has 0 unspecified atom stereocenters. The van der Waals surface area contributed by atoms with E-state index in [1.807, 2.05) is 0 Å². The van der Waals surface area contributed by atoms with E-state index in [1.165, 1.54) is 18.2 Å². The average Bonchev–Trinajstić information content (AvgIpc) is 2.97. The third kappa shape index (κ3) is 4.85. The molecule has 0 fully saturated rings. The zero-order chi connectivity index (χ0) is 21.0. The Hall–Kier alpha value is -3.10. The number of hydrogen-bond donors (Lipinski definition) is 1. The average molecular weight is 431 g/mol. The van der Waals surface area contributed by atoms with E-state index in [9.17, 15) is 20.0 Å². The highest BCUT2D eigenvalue weighted by atomic mass is 35.5. The number of rotatable bonds is 5. The van der Waals surface area contributed by atoms with Gasteiger partial charge >= 0.3 is 5.97 Å². The third-order valence-electron chi connectivity index (χ3n) is 3.79. The van der Waals surface area contributed by atoms with Crippen molar-refractivity contribution in [3.05, 3.63) is 85.5 Å². The lowest BCUT2D eigenvalue weighted by Crippen LogP contribution is -2.12. The predicted octanol–water partition coefficient (Wildman–Crippen LogP) is 5.44. The second kappa shape index (κ2) is 8.93. The highest BCUT2D eigenvalue weighted by molar-refractivity contribution is 8.18. The second-order valence-electron chi connectivity index (χ2n) is 5.80. The van der Waals surface area contributed by atoms with Crippen LogP contribution in [-0.4, -0.2) is 27.6 Å². The summed E-state index contributed by atoms with van der Waals surface area (Å²) in [5.41, 5.74) is 0.865. The fourth-order valence-corrected chi connectivity index (χ4v) is 3.75. The number of carbonyl (C=O) groups excluding carboxylic acids is 1. The number of non-ortho nitro benzene ring substituents is 1. The standard InChI is InChI=1S/C20H15ClN2O5S/c1-2-28-20(25)17-18(24)16(10-12-5-3-8-15(9-12)23(26)27)29-19(17)22-14-7-4-6-13(21)11-14/h3-11,24H,2H2,1H3/b16-10+,22-19?. The number of aliphatic imine (C=N–C) groups is 1. The minimum absolute atomic E-state index is 0.0616. The van der Waals surface area contributed by atoms with E-state index in [0.29, 0.717) is 21.2 Å². The zero-order valence-corrected chi connectivity index (χ0v) is 16.7. The summed E-state index contributed by atoms with van der Waals surface area (Å²) >= 11 is 7.05. The first kappa shape index (κ1) is 20.6. The molecule has 2 aromatic rings. The number of nitro benzene ring substituents is 1. The zero-order valence-electron chi connectivity index (χ0n) is 15.2. The van der Waals surface area contributed by atoms with Crippen LogP contribution in [0.5, 0.6) is 0 Å². The molecule has 29 heavy (non-hydrogen) atoms. The van der Waals surface area contributed by atoms with E-state index < -0.39 is 10.9 Å². The highest BCUT2D eigenvalue weighted by Crippen LogP contribution is 2.40. The lowest BCUT2D eigenvalue weighted by molar-refractivity contribution is -0.384. The molecule has 0 spiro atoms. The molecule has 0 atom stereocenters. The molecule has 0 aromatic heterocycles. The SMILES string of the molecule is CCOC(=O)C1=C(O)/C(=C\c2cccc([N+](=O)[O-])c2)SC1=Nc1cccc(Cl)c1. The number of carbonyl (C=O) groups is 1. The molecule has 3 rings (SSSR count). The quantitative estimate of drug-likeness (QED) is 0.385. The van der Waals surface area contributed by atoms with Gasteiger partial charge in [-0.05, 0) is 36.8 Å². The van der Waals surface area contributed by atoms with Crippen molar-refractivity contribution in [1.82, 2.24) is 0 Å². The molecule has 1 aliphatic rings. The number of aliphatic hydroxyl groups excluding tert-OH is 1. The summed E-state index contributed by atoms with van der Waals surface area (Å²) in [6.07, 6.45) is 1.55. The lowest BCUT2D eigenvalue weighted by Gasteiger charge is -2.04. The molecule has 0 saturated heterocycles. The van der Waals surface area contributed by atoms with E-state index >= 15 is 0 Å². The van der Waals surface area contributed by atoms with Gasteiger partial charge in [0, 0.05) is 17.2 Å². The van der Waals surface area contributed by atoms with Crippen LogP contribution < -0.4 is 0 Å². The topological polar surface area (TPSA) is 102 Å². The molecule has 9 heteroatoms. The van der Waals surface area contributed by atoms with Gasteiger partial charge in [0.05, 0.1) is 22.1 Å². The number of esters is 1. The molecule has 1 heterocycles. The van der Waals surface area contributed by atoms with Crippen LogP contribution in [0.1, 0.15) is 12.5 Å². The van der Waals surface area contributed by atoms with E-state index in [2.05, 4.69) is 4.99 Å². The van der Waals surface area contributed by atoms with Gasteiger partial charge in [-0.3, -0.25) is 10.1 Å². The van der Waals surface area contributed by atoms with Crippen molar-refractivity contribution in [3.63, 3.8) is 0 Å². The second-order valence-corrected chi connectivity index (χ2v) is 7.27. The van der Waals surface area contributed by atoms with Crippen molar-refractivity contribution in [1.29, 1.82) is 0 Å². The number of nitrogens with zero attached hydrogens (tertiary/aromatic N) is 2. The number of hydrogen-bond acceptors (Lipinski definition) is 7. The van der Waals surface area contributed by atoms with Gasteiger partial charge in [0.1, 0.15) is 16.4 Å². The highest BCUT2D eigenvalue weighted by Gasteiger charge is 2.33. The molecule has 0 amide bonds. The molecule has 0 radical (unpaired) electrons. The van der Waals surface area contributed by atoms with Crippen molar-refractivity contribution in [2.45, 2.75) is 6.92 Å². The van der Waals surface area contributed by atoms with E-state index in [1.54, 1.807) is 43.3 Å². The van der Waals surface area contributed by atoms with Gasteiger partial charge in [-0.1, -0.05) is 41.6 Å². The molecule has 0 aliphatic carbocycles. The number of nitro groups is 1.